The van der Waals surface area contributed by atoms with Crippen molar-refractivity contribution in [2.75, 3.05) is 42.1 Å². The lowest BCUT2D eigenvalue weighted by Gasteiger charge is -2.34. The summed E-state index contributed by atoms with van der Waals surface area (Å²) in [5.41, 5.74) is 4.60. The van der Waals surface area contributed by atoms with E-state index >= 15 is 0 Å². The van der Waals surface area contributed by atoms with Gasteiger partial charge in [0, 0.05) is 53.7 Å². The van der Waals surface area contributed by atoms with E-state index in [0.29, 0.717) is 12.6 Å². The number of aromatic nitrogens is 1. The third kappa shape index (κ3) is 4.56. The maximum atomic E-state index is 12.7. The van der Waals surface area contributed by atoms with Crippen LogP contribution in [0.25, 0.3) is 6.08 Å². The summed E-state index contributed by atoms with van der Waals surface area (Å²) in [6.07, 6.45) is 6.25. The first-order chi connectivity index (χ1) is 17.0. The van der Waals surface area contributed by atoms with E-state index in [-0.39, 0.29) is 11.6 Å². The number of pyridine rings is 1. The van der Waals surface area contributed by atoms with Crippen LogP contribution in [0.4, 0.5) is 11.5 Å². The van der Waals surface area contributed by atoms with Gasteiger partial charge >= 0.3 is 0 Å². The van der Waals surface area contributed by atoms with E-state index in [1.54, 1.807) is 12.1 Å². The van der Waals surface area contributed by atoms with Gasteiger partial charge in [-0.25, -0.2) is 0 Å². The lowest BCUT2D eigenvalue weighted by atomic mass is 10.0. The fourth-order valence-corrected chi connectivity index (χ4v) is 6.73. The van der Waals surface area contributed by atoms with Crippen molar-refractivity contribution in [2.24, 2.45) is 0 Å². The van der Waals surface area contributed by atoms with Crippen LogP contribution in [0.2, 0.25) is 0 Å². The predicted octanol–water partition coefficient (Wildman–Crippen LogP) is 3.23. The molecular formula is C27H33N5O2S. The van der Waals surface area contributed by atoms with Gasteiger partial charge in [-0.05, 0) is 62.2 Å². The van der Waals surface area contributed by atoms with Gasteiger partial charge in [-0.3, -0.25) is 9.36 Å². The van der Waals surface area contributed by atoms with Crippen LogP contribution < -0.4 is 21.1 Å². The Labute approximate surface area is 210 Å². The van der Waals surface area contributed by atoms with Crippen LogP contribution in [0.15, 0.2) is 58.4 Å². The van der Waals surface area contributed by atoms with Crippen LogP contribution in [0, 0.1) is 0 Å². The summed E-state index contributed by atoms with van der Waals surface area (Å²) in [6.45, 7) is 8.53. The maximum absolute atomic E-state index is 12.7. The Bertz CT molecular complexity index is 1220. The number of fused-ring (bicyclic) bond motifs is 1. The molecule has 0 amide bonds. The molecule has 8 heteroatoms. The molecule has 1 aromatic carbocycles. The Kier molecular flexibility index (Phi) is 6.22. The number of nitrogens with zero attached hydrogens (tertiary/aromatic N) is 3. The number of anilines is 2. The molecule has 6 rings (SSSR count). The number of rotatable bonds is 5. The lowest BCUT2D eigenvalue weighted by molar-refractivity contribution is 0.172. The standard InChI is InChI=1S/C27H33N5O2S/c1-18-10-13-35-24-5-2-19(14-23(24)29-18)15-28-21-8-11-30(12-9-21)16-22-17-31-25(33)6-3-20-4-7-26(34)32(22)27(20)31/h2-7,14,21-22,25,28-29,33H,1,8-13,15-17H2/t22-,25?/m1/s1. The second-order valence-electron chi connectivity index (χ2n) is 10.0. The molecule has 2 aromatic rings. The SMILES string of the molecule is C=C1CCSc2ccc(CNC3CCN(C[C@@H]4CN5c6c(ccc(=O)n64)C=CC5O)CC3)cc2N1. The highest BCUT2D eigenvalue weighted by Crippen LogP contribution is 2.36. The average molecular weight is 492 g/mol. The van der Waals surface area contributed by atoms with E-state index in [1.165, 1.54) is 16.1 Å². The number of aliphatic hydroxyl groups excluding tert-OH is 1. The Balaban J connectivity index is 1.04. The van der Waals surface area contributed by atoms with E-state index in [9.17, 15) is 9.90 Å². The summed E-state index contributed by atoms with van der Waals surface area (Å²) < 4.78 is 1.89. The topological polar surface area (TPSA) is 72.8 Å². The molecule has 35 heavy (non-hydrogen) atoms. The van der Waals surface area contributed by atoms with E-state index in [4.69, 9.17) is 0 Å². The minimum absolute atomic E-state index is 0.0209. The molecule has 0 aliphatic carbocycles. The van der Waals surface area contributed by atoms with Crippen molar-refractivity contribution in [3.05, 3.63) is 70.2 Å². The molecule has 0 saturated carbocycles. The zero-order valence-corrected chi connectivity index (χ0v) is 20.8. The molecular weight excluding hydrogens is 458 g/mol. The fourth-order valence-electron chi connectivity index (χ4n) is 5.74. The number of likely N-dealkylation sites (tertiary alicyclic amines) is 1. The molecule has 1 saturated heterocycles. The zero-order chi connectivity index (χ0) is 23.9. The Morgan fingerprint density at radius 2 is 2.06 bits per heavy atom. The molecule has 2 atom stereocenters. The van der Waals surface area contributed by atoms with E-state index in [0.717, 1.165) is 68.3 Å². The van der Waals surface area contributed by atoms with Crippen molar-refractivity contribution < 1.29 is 5.11 Å². The fraction of sp³-hybridized carbons (Fsp3) is 0.444. The third-order valence-corrected chi connectivity index (χ3v) is 8.68. The second-order valence-corrected chi connectivity index (χ2v) is 11.1. The molecule has 0 spiro atoms. The summed E-state index contributed by atoms with van der Waals surface area (Å²) in [7, 11) is 0. The Morgan fingerprint density at radius 1 is 1.20 bits per heavy atom. The minimum Gasteiger partial charge on any atom is -0.370 e. The Morgan fingerprint density at radius 3 is 2.91 bits per heavy atom. The summed E-state index contributed by atoms with van der Waals surface area (Å²) >= 11 is 1.89. The molecule has 1 aromatic heterocycles. The van der Waals surface area contributed by atoms with Crippen molar-refractivity contribution in [3.8, 4) is 0 Å². The molecule has 1 fully saturated rings. The van der Waals surface area contributed by atoms with Crippen molar-refractivity contribution in [1.82, 2.24) is 14.8 Å². The van der Waals surface area contributed by atoms with Crippen molar-refractivity contribution >= 4 is 29.3 Å². The minimum atomic E-state index is -0.657. The van der Waals surface area contributed by atoms with E-state index < -0.39 is 6.23 Å². The van der Waals surface area contributed by atoms with Crippen molar-refractivity contribution in [1.29, 1.82) is 0 Å². The first kappa shape index (κ1) is 22.9. The Hall–Kier alpha value is -2.52. The number of piperidine rings is 1. The van der Waals surface area contributed by atoms with Gasteiger partial charge in [-0.1, -0.05) is 18.7 Å². The van der Waals surface area contributed by atoms with Crippen molar-refractivity contribution in [2.45, 2.75) is 49.0 Å². The van der Waals surface area contributed by atoms with E-state index in [2.05, 4.69) is 40.3 Å². The molecule has 3 N–H and O–H groups in total. The van der Waals surface area contributed by atoms with E-state index in [1.807, 2.05) is 33.4 Å². The van der Waals surface area contributed by atoms with Gasteiger partial charge in [0.25, 0.3) is 5.56 Å². The zero-order valence-electron chi connectivity index (χ0n) is 19.9. The maximum Gasteiger partial charge on any atom is 0.252 e. The molecule has 0 bridgehead atoms. The molecule has 4 aliphatic rings. The molecule has 4 aliphatic heterocycles. The van der Waals surface area contributed by atoms with Gasteiger partial charge in [-0.15, -0.1) is 11.8 Å². The number of hydrogen-bond acceptors (Lipinski definition) is 7. The molecule has 0 radical (unpaired) electrons. The van der Waals surface area contributed by atoms with Gasteiger partial charge < -0.3 is 25.5 Å². The monoisotopic (exact) mass is 491 g/mol. The number of hydrogen-bond donors (Lipinski definition) is 3. The van der Waals surface area contributed by atoms with Gasteiger partial charge in [0.15, 0.2) is 0 Å². The summed E-state index contributed by atoms with van der Waals surface area (Å²) in [5, 5.41) is 17.7. The quantitative estimate of drug-likeness (QED) is 0.593. The van der Waals surface area contributed by atoms with Crippen molar-refractivity contribution in [3.63, 3.8) is 0 Å². The largest absolute Gasteiger partial charge is 0.370 e. The molecule has 184 valence electrons. The van der Waals surface area contributed by atoms with Gasteiger partial charge in [0.2, 0.25) is 0 Å². The van der Waals surface area contributed by atoms with Crippen LogP contribution in [0.3, 0.4) is 0 Å². The predicted molar refractivity (Wildman–Crippen MR) is 143 cm³/mol. The smallest absolute Gasteiger partial charge is 0.252 e. The van der Waals surface area contributed by atoms with Gasteiger partial charge in [-0.2, -0.15) is 0 Å². The number of allylic oxidation sites excluding steroid dienone is 1. The number of benzene rings is 1. The number of aliphatic hydroxyl groups is 1. The highest BCUT2D eigenvalue weighted by molar-refractivity contribution is 7.99. The first-order valence-corrected chi connectivity index (χ1v) is 13.6. The van der Waals surface area contributed by atoms with Crippen LogP contribution in [-0.2, 0) is 6.54 Å². The van der Waals surface area contributed by atoms with Gasteiger partial charge in [0.05, 0.1) is 11.7 Å². The lowest BCUT2D eigenvalue weighted by Crippen LogP contribution is -2.45. The number of nitrogens with one attached hydrogen (secondary N) is 2. The van der Waals surface area contributed by atoms with Crippen LogP contribution >= 0.6 is 11.8 Å². The summed E-state index contributed by atoms with van der Waals surface area (Å²) in [6, 6.07) is 10.8. The molecule has 1 unspecified atom stereocenters. The van der Waals surface area contributed by atoms with Crippen LogP contribution in [0.1, 0.15) is 36.4 Å². The highest BCUT2D eigenvalue weighted by atomic mass is 32.2. The summed E-state index contributed by atoms with van der Waals surface area (Å²) in [4.78, 5) is 18.4. The van der Waals surface area contributed by atoms with Gasteiger partial charge in [0.1, 0.15) is 12.0 Å². The van der Waals surface area contributed by atoms with Crippen LogP contribution in [0.5, 0.6) is 0 Å². The third-order valence-electron chi connectivity index (χ3n) is 7.61. The summed E-state index contributed by atoms with van der Waals surface area (Å²) in [5.74, 6) is 1.94. The first-order valence-electron chi connectivity index (χ1n) is 12.6. The number of thioether (sulfide) groups is 1. The molecule has 5 heterocycles. The average Bonchev–Trinajstić information content (AvgIpc) is 3.14. The normalized spacial score (nSPS) is 24.1. The van der Waals surface area contributed by atoms with Crippen LogP contribution in [-0.4, -0.2) is 58.8 Å². The highest BCUT2D eigenvalue weighted by Gasteiger charge is 2.36. The second kappa shape index (κ2) is 9.50. The molecule has 7 nitrogen and oxygen atoms in total.